The van der Waals surface area contributed by atoms with Gasteiger partial charge in [-0.1, -0.05) is 12.1 Å². The van der Waals surface area contributed by atoms with Crippen LogP contribution in [0.2, 0.25) is 0 Å². The summed E-state index contributed by atoms with van der Waals surface area (Å²) in [6.45, 7) is -2.95. The van der Waals surface area contributed by atoms with E-state index in [1.807, 2.05) is 0 Å². The Bertz CT molecular complexity index is 745. The Labute approximate surface area is 133 Å². The van der Waals surface area contributed by atoms with Gasteiger partial charge in [-0.15, -0.1) is 0 Å². The van der Waals surface area contributed by atoms with Crippen LogP contribution in [0.25, 0.3) is 0 Å². The molecule has 0 aliphatic heterocycles. The highest BCUT2D eigenvalue weighted by Crippen LogP contribution is 2.18. The van der Waals surface area contributed by atoms with Crippen LogP contribution in [0.1, 0.15) is 17.9 Å². The molecule has 0 N–H and O–H groups in total. The van der Waals surface area contributed by atoms with E-state index in [1.54, 1.807) is 24.3 Å². The number of halogens is 2. The molecule has 126 valence electrons. The molecule has 2 rings (SSSR count). The van der Waals surface area contributed by atoms with E-state index in [1.165, 1.54) is 13.3 Å². The number of benzene rings is 1. The number of hydrogen-bond donors (Lipinski definition) is 0. The molecule has 0 atom stereocenters. The van der Waals surface area contributed by atoms with Gasteiger partial charge in [-0.05, 0) is 17.7 Å². The van der Waals surface area contributed by atoms with Crippen LogP contribution >= 0.6 is 0 Å². The lowest BCUT2D eigenvalue weighted by atomic mass is 10.2. The highest BCUT2D eigenvalue weighted by molar-refractivity contribution is 7.88. The van der Waals surface area contributed by atoms with Crippen molar-refractivity contribution in [2.45, 2.75) is 19.6 Å². The molecule has 1 heterocycles. The Hall–Kier alpha value is -2.00. The molecule has 1 aromatic heterocycles. The first-order valence-electron chi connectivity index (χ1n) is 6.69. The van der Waals surface area contributed by atoms with Gasteiger partial charge in [0, 0.05) is 18.9 Å². The minimum absolute atomic E-state index is 0.0149. The van der Waals surface area contributed by atoms with Crippen molar-refractivity contribution in [2.24, 2.45) is 0 Å². The third-order valence-corrected chi connectivity index (χ3v) is 4.46. The van der Waals surface area contributed by atoms with E-state index < -0.39 is 16.6 Å². The predicted molar refractivity (Wildman–Crippen MR) is 80.6 cm³/mol. The maximum absolute atomic E-state index is 12.9. The van der Waals surface area contributed by atoms with Crippen molar-refractivity contribution in [3.05, 3.63) is 48.0 Å². The summed E-state index contributed by atoms with van der Waals surface area (Å²) in [5.41, 5.74) is 0.714. The minimum Gasteiger partial charge on any atom is -0.497 e. The molecule has 0 unspecified atom stereocenters. The van der Waals surface area contributed by atoms with Crippen molar-refractivity contribution in [2.75, 3.05) is 13.4 Å². The first-order chi connectivity index (χ1) is 10.8. The Morgan fingerprint density at radius 2 is 1.91 bits per heavy atom. The zero-order valence-corrected chi connectivity index (χ0v) is 13.5. The average Bonchev–Trinajstić information content (AvgIpc) is 2.95. The second-order valence-electron chi connectivity index (χ2n) is 4.91. The molecule has 0 amide bonds. The lowest BCUT2D eigenvalue weighted by Crippen LogP contribution is -2.30. The molecule has 1 aromatic carbocycles. The highest BCUT2D eigenvalue weighted by atomic mass is 32.2. The van der Waals surface area contributed by atoms with E-state index >= 15 is 0 Å². The van der Waals surface area contributed by atoms with E-state index in [0.29, 0.717) is 15.9 Å². The molecule has 0 spiro atoms. The van der Waals surface area contributed by atoms with E-state index in [2.05, 4.69) is 4.98 Å². The minimum atomic E-state index is -3.59. The van der Waals surface area contributed by atoms with Crippen molar-refractivity contribution in [3.63, 3.8) is 0 Å². The van der Waals surface area contributed by atoms with Gasteiger partial charge in [0.25, 0.3) is 0 Å². The fraction of sp³-hybridized carbons (Fsp3) is 0.357. The van der Waals surface area contributed by atoms with Crippen LogP contribution in [0.4, 0.5) is 8.78 Å². The number of nitrogens with zero attached hydrogens (tertiary/aromatic N) is 3. The number of hydrogen-bond acceptors (Lipinski definition) is 4. The summed E-state index contributed by atoms with van der Waals surface area (Å²) in [4.78, 5) is 3.82. The summed E-state index contributed by atoms with van der Waals surface area (Å²) in [6.07, 6.45) is 3.37. The molecule has 0 saturated heterocycles. The average molecular weight is 345 g/mol. The number of ether oxygens (including phenoxy) is 1. The van der Waals surface area contributed by atoms with Crippen molar-refractivity contribution in [3.8, 4) is 5.75 Å². The topological polar surface area (TPSA) is 64.4 Å². The molecule has 0 aliphatic rings. The molecule has 6 nitrogen and oxygen atoms in total. The Balaban J connectivity index is 2.22. The van der Waals surface area contributed by atoms with Crippen molar-refractivity contribution in [1.29, 1.82) is 0 Å². The highest BCUT2D eigenvalue weighted by Gasteiger charge is 2.21. The third kappa shape index (κ3) is 4.49. The standard InChI is InChI=1S/C14H17F2N3O3S/c1-22-12-5-3-11(4-6-12)9-18(23(2,20)21)10-13-17-7-8-19(13)14(15)16/h3-8,14H,9-10H2,1-2H3. The fourth-order valence-electron chi connectivity index (χ4n) is 2.03. The molecule has 9 heteroatoms. The van der Waals surface area contributed by atoms with Crippen molar-refractivity contribution in [1.82, 2.24) is 13.9 Å². The quantitative estimate of drug-likeness (QED) is 0.772. The van der Waals surface area contributed by atoms with Crippen LogP contribution < -0.4 is 4.74 Å². The lowest BCUT2D eigenvalue weighted by Gasteiger charge is -2.20. The van der Waals surface area contributed by atoms with E-state index in [-0.39, 0.29) is 18.9 Å². The van der Waals surface area contributed by atoms with E-state index in [0.717, 1.165) is 16.8 Å². The summed E-state index contributed by atoms with van der Waals surface area (Å²) >= 11 is 0. The first kappa shape index (κ1) is 17.4. The van der Waals surface area contributed by atoms with Crippen LogP contribution in [-0.4, -0.2) is 35.6 Å². The van der Waals surface area contributed by atoms with Gasteiger partial charge in [0.2, 0.25) is 10.0 Å². The molecular formula is C14H17F2N3O3S. The Kier molecular flexibility index (Phi) is 5.32. The summed E-state index contributed by atoms with van der Waals surface area (Å²) in [6, 6.07) is 6.85. The SMILES string of the molecule is COc1ccc(CN(Cc2nccn2C(F)F)S(C)(=O)=O)cc1. The van der Waals surface area contributed by atoms with Crippen LogP contribution in [0, 0.1) is 0 Å². The number of imidazole rings is 1. The van der Waals surface area contributed by atoms with Crippen molar-refractivity contribution >= 4 is 10.0 Å². The van der Waals surface area contributed by atoms with E-state index in [9.17, 15) is 17.2 Å². The molecule has 0 aliphatic carbocycles. The Morgan fingerprint density at radius 3 is 2.43 bits per heavy atom. The van der Waals surface area contributed by atoms with Crippen LogP contribution in [0.15, 0.2) is 36.7 Å². The third-order valence-electron chi connectivity index (χ3n) is 3.26. The number of sulfonamides is 1. The van der Waals surface area contributed by atoms with Crippen LogP contribution in [0.3, 0.4) is 0 Å². The number of methoxy groups -OCH3 is 1. The largest absolute Gasteiger partial charge is 0.497 e. The second kappa shape index (κ2) is 7.05. The summed E-state index contributed by atoms with van der Waals surface area (Å²) in [5, 5.41) is 0. The monoisotopic (exact) mass is 345 g/mol. The van der Waals surface area contributed by atoms with Gasteiger partial charge in [-0.3, -0.25) is 4.57 Å². The van der Waals surface area contributed by atoms with Gasteiger partial charge >= 0.3 is 6.55 Å². The molecule has 0 radical (unpaired) electrons. The summed E-state index contributed by atoms with van der Waals surface area (Å²) < 4.78 is 56.4. The number of rotatable bonds is 7. The number of aromatic nitrogens is 2. The Morgan fingerprint density at radius 1 is 1.26 bits per heavy atom. The smallest absolute Gasteiger partial charge is 0.319 e. The summed E-state index contributed by atoms with van der Waals surface area (Å²) in [5.74, 6) is 0.631. The predicted octanol–water partition coefficient (Wildman–Crippen LogP) is 2.25. The zero-order chi connectivity index (χ0) is 17.0. The maximum atomic E-state index is 12.9. The summed E-state index contributed by atoms with van der Waals surface area (Å²) in [7, 11) is -2.06. The van der Waals surface area contributed by atoms with Gasteiger partial charge in [0.15, 0.2) is 0 Å². The number of alkyl halides is 2. The second-order valence-corrected chi connectivity index (χ2v) is 6.89. The van der Waals surface area contributed by atoms with Gasteiger partial charge in [0.05, 0.1) is 19.9 Å². The van der Waals surface area contributed by atoms with Crippen LogP contribution in [0.5, 0.6) is 5.75 Å². The molecular weight excluding hydrogens is 328 g/mol. The molecule has 2 aromatic rings. The van der Waals surface area contributed by atoms with Gasteiger partial charge in [0.1, 0.15) is 11.6 Å². The van der Waals surface area contributed by atoms with Gasteiger partial charge in [-0.25, -0.2) is 13.4 Å². The van der Waals surface area contributed by atoms with Crippen LogP contribution in [-0.2, 0) is 23.1 Å². The molecule has 0 fully saturated rings. The molecule has 0 bridgehead atoms. The lowest BCUT2D eigenvalue weighted by molar-refractivity contribution is 0.0654. The maximum Gasteiger partial charge on any atom is 0.319 e. The fourth-order valence-corrected chi connectivity index (χ4v) is 2.76. The first-order valence-corrected chi connectivity index (χ1v) is 8.54. The molecule has 0 saturated carbocycles. The van der Waals surface area contributed by atoms with Gasteiger partial charge in [-0.2, -0.15) is 13.1 Å². The zero-order valence-electron chi connectivity index (χ0n) is 12.7. The normalized spacial score (nSPS) is 12.1. The molecule has 23 heavy (non-hydrogen) atoms. The van der Waals surface area contributed by atoms with Crippen molar-refractivity contribution < 1.29 is 21.9 Å². The van der Waals surface area contributed by atoms with Gasteiger partial charge < -0.3 is 4.74 Å². The van der Waals surface area contributed by atoms with E-state index in [4.69, 9.17) is 4.74 Å².